The van der Waals surface area contributed by atoms with Crippen molar-refractivity contribution in [3.8, 4) is 101 Å². The largest absolute Gasteiger partial charge is 0.380 e. The number of aryl methyl sites for hydroxylation is 6. The topological polar surface area (TPSA) is 92.1 Å². The van der Waals surface area contributed by atoms with Gasteiger partial charge in [-0.2, -0.15) is 55.7 Å². The molecule has 21 rings (SSSR count). The molecule has 21 aromatic rings. The number of aromatic nitrogens is 9. The van der Waals surface area contributed by atoms with Crippen molar-refractivity contribution in [2.24, 2.45) is 17.8 Å². The number of hydrogen-bond donors (Lipinski definition) is 0. The molecule has 0 amide bonds. The molecule has 0 fully saturated rings. The quantitative estimate of drug-likeness (QED) is 0.0950. The molecule has 0 aliphatic heterocycles. The van der Waals surface area contributed by atoms with E-state index in [4.69, 9.17) is 0 Å². The Bertz CT molecular complexity index is 7220. The molecule has 0 bridgehead atoms. The summed E-state index contributed by atoms with van der Waals surface area (Å²) in [5, 5.41) is 7.73. The fourth-order valence-corrected chi connectivity index (χ4v) is 17.2. The molecule has 0 N–H and O–H groups in total. The zero-order chi connectivity index (χ0) is 91.9. The van der Waals surface area contributed by atoms with Crippen LogP contribution in [0.15, 0.2) is 365 Å². The van der Waals surface area contributed by atoms with Crippen LogP contribution in [0.2, 0.25) is 0 Å². The summed E-state index contributed by atoms with van der Waals surface area (Å²) < 4.78 is 7.28. The van der Waals surface area contributed by atoms with Crippen LogP contribution in [0.1, 0.15) is 91.6 Å². The molecule has 0 saturated carbocycles. The third kappa shape index (κ3) is 23.3. The van der Waals surface area contributed by atoms with Crippen molar-refractivity contribution >= 4 is 65.4 Å². The fourth-order valence-electron chi connectivity index (χ4n) is 17.2. The minimum Gasteiger partial charge on any atom is -0.380 e. The summed E-state index contributed by atoms with van der Waals surface area (Å²) in [5.74, 6) is 1.76. The van der Waals surface area contributed by atoms with Gasteiger partial charge in [-0.15, -0.1) is 124 Å². The average Bonchev–Trinajstić information content (AvgIpc) is 1.59. The van der Waals surface area contributed by atoms with Crippen LogP contribution in [0.5, 0.6) is 0 Å². The van der Waals surface area contributed by atoms with Gasteiger partial charge in [0.25, 0.3) is 0 Å². The third-order valence-electron chi connectivity index (χ3n) is 23.8. The Labute approximate surface area is 837 Å². The summed E-state index contributed by atoms with van der Waals surface area (Å²) in [6, 6.07) is 123. The molecule has 0 saturated heterocycles. The molecule has 0 atom stereocenters. The first-order chi connectivity index (χ1) is 64.2. The van der Waals surface area contributed by atoms with Gasteiger partial charge in [-0.05, 0) is 196 Å². The molecule has 0 spiro atoms. The van der Waals surface area contributed by atoms with Crippen molar-refractivity contribution in [3.63, 3.8) is 0 Å². The van der Waals surface area contributed by atoms with E-state index in [1.807, 2.05) is 152 Å². The third-order valence-corrected chi connectivity index (χ3v) is 23.8. The Morgan fingerprint density at radius 2 is 0.585 bits per heavy atom. The number of fused-ring (bicyclic) bond motifs is 9. The van der Waals surface area contributed by atoms with E-state index in [1.165, 1.54) is 132 Å². The summed E-state index contributed by atoms with van der Waals surface area (Å²) in [6.45, 7) is 41.3. The van der Waals surface area contributed by atoms with E-state index >= 15 is 0 Å². The number of rotatable bonds is 15. The summed E-state index contributed by atoms with van der Waals surface area (Å²) in [6.07, 6.45) is 11.6. The van der Waals surface area contributed by atoms with Gasteiger partial charge < -0.3 is 28.7 Å². The zero-order valence-electron chi connectivity index (χ0n) is 78.6. The van der Waals surface area contributed by atoms with Gasteiger partial charge in [0, 0.05) is 167 Å². The van der Waals surface area contributed by atoms with E-state index in [0.717, 1.165) is 104 Å². The van der Waals surface area contributed by atoms with Gasteiger partial charge in [0.1, 0.15) is 0 Å². The predicted octanol–water partition coefficient (Wildman–Crippen LogP) is 31.6. The molecular formula is C123H111Ir3N9-6. The van der Waals surface area contributed by atoms with Gasteiger partial charge in [0.15, 0.2) is 0 Å². The number of hydrogen-bond acceptors (Lipinski definition) is 6. The first-order valence-electron chi connectivity index (χ1n) is 45.5. The molecule has 3 radical (unpaired) electrons. The van der Waals surface area contributed by atoms with Gasteiger partial charge >= 0.3 is 0 Å². The number of pyridine rings is 6. The van der Waals surface area contributed by atoms with Crippen LogP contribution in [0.4, 0.5) is 0 Å². The van der Waals surface area contributed by atoms with E-state index in [-0.39, 0.29) is 60.3 Å². The Hall–Kier alpha value is -13.5. The normalized spacial score (nSPS) is 10.9. The summed E-state index contributed by atoms with van der Waals surface area (Å²) in [7, 11) is 0. The van der Waals surface area contributed by atoms with E-state index in [0.29, 0.717) is 17.8 Å². The van der Waals surface area contributed by atoms with Crippen LogP contribution in [-0.4, -0.2) is 43.6 Å². The molecule has 9 aromatic heterocycles. The predicted molar refractivity (Wildman–Crippen MR) is 556 cm³/mol. The minimum atomic E-state index is 0. The number of para-hydroxylation sites is 3. The maximum absolute atomic E-state index is 4.64. The van der Waals surface area contributed by atoms with Gasteiger partial charge in [-0.1, -0.05) is 258 Å². The SMILES string of the molecule is Cc1ccc(-c2[c-]cc3c(c2)c2ccccc2n3CC(C)C)nc1.Cc1ccc(-c2[c-]cc3c4ccccc4n(CC(C)C)c3c2)nc1.Cc1ccc(-c2[c-]ccc3c4ccccc4n(CC(C)C)c23)nc1.[CH2-]c1ccccc1-c1cc(C)c(-c2ccccc2)cn1.[CH2-]c1ccccc1-c1cc(C)c(-c2ccccc2)cn1.[CH2-]c1ccccc1-c1cc(C)c(-c2ccccc2)cn1.[Ir].[Ir].[Ir]. The fraction of sp³-hybridized carbons (Fsp3) is 0.146. The number of benzene rings is 12. The van der Waals surface area contributed by atoms with Crippen LogP contribution in [0, 0.1) is 98.3 Å². The molecule has 0 aliphatic carbocycles. The Kier molecular flexibility index (Phi) is 33.7. The summed E-state index contributed by atoms with van der Waals surface area (Å²) >= 11 is 0. The smallest absolute Gasteiger partial charge is 0.0391 e. The van der Waals surface area contributed by atoms with Gasteiger partial charge in [-0.3, -0.25) is 15.0 Å². The first-order valence-corrected chi connectivity index (χ1v) is 45.5. The van der Waals surface area contributed by atoms with Gasteiger partial charge in [0.05, 0.1) is 0 Å². The van der Waals surface area contributed by atoms with E-state index in [1.54, 1.807) is 0 Å². The van der Waals surface area contributed by atoms with Gasteiger partial charge in [0.2, 0.25) is 0 Å². The van der Waals surface area contributed by atoms with Crippen molar-refractivity contribution in [1.29, 1.82) is 0 Å². The second-order valence-electron chi connectivity index (χ2n) is 35.4. The number of nitrogens with zero attached hydrogens (tertiary/aromatic N) is 9. The maximum Gasteiger partial charge on any atom is 0.0391 e. The second kappa shape index (κ2) is 46.0. The molecule has 135 heavy (non-hydrogen) atoms. The first kappa shape index (κ1) is 99.0. The Morgan fingerprint density at radius 3 is 0.970 bits per heavy atom. The molecule has 9 nitrogen and oxygen atoms in total. The van der Waals surface area contributed by atoms with E-state index in [9.17, 15) is 0 Å². The Morgan fingerprint density at radius 1 is 0.259 bits per heavy atom. The van der Waals surface area contributed by atoms with Crippen molar-refractivity contribution in [1.82, 2.24) is 43.6 Å². The summed E-state index contributed by atoms with van der Waals surface area (Å²) in [4.78, 5) is 27.6. The van der Waals surface area contributed by atoms with Crippen molar-refractivity contribution in [2.45, 2.75) is 103 Å². The molecule has 0 aliphatic rings. The average molecular weight is 2290 g/mol. The molecule has 9 heterocycles. The van der Waals surface area contributed by atoms with E-state index in [2.05, 4.69) is 378 Å². The van der Waals surface area contributed by atoms with Crippen molar-refractivity contribution in [2.75, 3.05) is 0 Å². The monoisotopic (exact) mass is 2290 g/mol. The molecule has 12 aromatic carbocycles. The minimum absolute atomic E-state index is 0. The maximum atomic E-state index is 4.64. The molecule has 681 valence electrons. The Balaban J connectivity index is 0.000000137. The van der Waals surface area contributed by atoms with Crippen LogP contribution in [0.3, 0.4) is 0 Å². The van der Waals surface area contributed by atoms with Crippen molar-refractivity contribution in [3.05, 3.63) is 454 Å². The zero-order valence-corrected chi connectivity index (χ0v) is 85.8. The van der Waals surface area contributed by atoms with Crippen LogP contribution >= 0.6 is 0 Å². The van der Waals surface area contributed by atoms with Crippen LogP contribution < -0.4 is 0 Å². The second-order valence-corrected chi connectivity index (χ2v) is 35.4. The van der Waals surface area contributed by atoms with Crippen LogP contribution in [-0.2, 0) is 80.0 Å². The standard InChI is InChI=1S/3C22H21N2.3C19H16N.3Ir/c1-15(2)14-24-21-10-5-4-7-17(21)18-8-6-9-19(22(18)24)20-12-11-16(3)13-23-20;1-15(2)14-24-21-7-5-4-6-18(21)19-10-9-17(12-22(19)24)20-11-8-16(3)13-23-20;1-15(2)14-24-21-7-5-4-6-18(21)19-12-17(9-11-22(19)24)20-10-8-16(3)13-23-20;3*1-14-8-6-7-11-17(14)19-12-15(2)18(13-20-19)16-9-4-3-5-10-16;;;/h3*4-8,10-13,15H,14H2,1-3H3;3*3-13H,1H2,2H3;;;/q6*-1;;;. The summed E-state index contributed by atoms with van der Waals surface area (Å²) in [5.41, 5.74) is 37.3. The van der Waals surface area contributed by atoms with E-state index < -0.39 is 0 Å². The molecule has 12 heteroatoms. The van der Waals surface area contributed by atoms with Gasteiger partial charge in [-0.25, -0.2) is 0 Å². The van der Waals surface area contributed by atoms with Crippen molar-refractivity contribution < 1.29 is 60.3 Å². The van der Waals surface area contributed by atoms with Crippen LogP contribution in [0.25, 0.3) is 166 Å². The molecular weight excluding hydrogens is 2180 g/mol. The molecule has 0 unspecified atom stereocenters.